The summed E-state index contributed by atoms with van der Waals surface area (Å²) in [6.45, 7) is 5.74. The number of rotatable bonds is 10. The monoisotopic (exact) mass is 380 g/mol. The van der Waals surface area contributed by atoms with Crippen molar-refractivity contribution in [3.63, 3.8) is 0 Å². The number of aryl methyl sites for hydroxylation is 2. The Bertz CT molecular complexity index is 605. The predicted molar refractivity (Wildman–Crippen MR) is 117 cm³/mol. The fourth-order valence-electron chi connectivity index (χ4n) is 3.84. The van der Waals surface area contributed by atoms with Crippen molar-refractivity contribution in [1.29, 1.82) is 0 Å². The van der Waals surface area contributed by atoms with E-state index >= 15 is 0 Å². The van der Waals surface area contributed by atoms with Gasteiger partial charge in [0.15, 0.2) is 0 Å². The molecule has 3 rings (SSSR count). The first-order chi connectivity index (χ1) is 13.8. The van der Waals surface area contributed by atoms with Gasteiger partial charge in [0.05, 0.1) is 13.2 Å². The van der Waals surface area contributed by atoms with Gasteiger partial charge in [-0.25, -0.2) is 0 Å². The van der Waals surface area contributed by atoms with E-state index in [1.165, 1.54) is 73.6 Å². The molecule has 0 radical (unpaired) electrons. The fourth-order valence-corrected chi connectivity index (χ4v) is 3.84. The molecule has 2 aromatic carbocycles. The van der Waals surface area contributed by atoms with E-state index in [9.17, 15) is 0 Å². The molecule has 1 aliphatic heterocycles. The Labute approximate surface area is 171 Å². The Kier molecular flexibility index (Phi) is 8.57. The van der Waals surface area contributed by atoms with Gasteiger partial charge in [0.25, 0.3) is 0 Å². The van der Waals surface area contributed by atoms with Crippen LogP contribution in [0.3, 0.4) is 0 Å². The molecular formula is C26H36O2. The Morgan fingerprint density at radius 2 is 1.00 bits per heavy atom. The summed E-state index contributed by atoms with van der Waals surface area (Å²) in [4.78, 5) is 0. The van der Waals surface area contributed by atoms with Crippen LogP contribution in [0, 0.1) is 0 Å². The number of benzene rings is 2. The molecule has 0 unspecified atom stereocenters. The highest BCUT2D eigenvalue weighted by Gasteiger charge is 2.24. The first-order valence-electron chi connectivity index (χ1n) is 11.2. The lowest BCUT2D eigenvalue weighted by atomic mass is 10.0. The molecule has 152 valence electrons. The Morgan fingerprint density at radius 1 is 0.607 bits per heavy atom. The summed E-state index contributed by atoms with van der Waals surface area (Å²) in [5.41, 5.74) is 5.30. The van der Waals surface area contributed by atoms with Gasteiger partial charge in [0.2, 0.25) is 0 Å². The van der Waals surface area contributed by atoms with Crippen molar-refractivity contribution in [2.45, 2.75) is 77.4 Å². The molecule has 0 amide bonds. The van der Waals surface area contributed by atoms with E-state index in [4.69, 9.17) is 9.47 Å². The quantitative estimate of drug-likeness (QED) is 0.414. The molecule has 28 heavy (non-hydrogen) atoms. The van der Waals surface area contributed by atoms with Crippen LogP contribution in [0.5, 0.6) is 0 Å². The highest BCUT2D eigenvalue weighted by atomic mass is 16.6. The maximum atomic E-state index is 6.15. The molecule has 1 fully saturated rings. The molecule has 0 N–H and O–H groups in total. The molecule has 0 aromatic heterocycles. The maximum Gasteiger partial charge on any atom is 0.106 e. The average Bonchev–Trinajstić information content (AvgIpc) is 2.75. The van der Waals surface area contributed by atoms with Gasteiger partial charge in [-0.15, -0.1) is 0 Å². The van der Waals surface area contributed by atoms with Gasteiger partial charge in [-0.2, -0.15) is 0 Å². The molecule has 0 saturated carbocycles. The predicted octanol–water partition coefficient (Wildman–Crippen LogP) is 6.98. The Morgan fingerprint density at radius 3 is 1.32 bits per heavy atom. The van der Waals surface area contributed by atoms with Crippen molar-refractivity contribution in [2.24, 2.45) is 0 Å². The fraction of sp³-hybridized carbons (Fsp3) is 0.538. The third kappa shape index (κ3) is 6.18. The first-order valence-corrected chi connectivity index (χ1v) is 11.2. The highest BCUT2D eigenvalue weighted by Crippen LogP contribution is 2.30. The van der Waals surface area contributed by atoms with E-state index in [0.29, 0.717) is 13.2 Å². The zero-order valence-electron chi connectivity index (χ0n) is 17.7. The minimum atomic E-state index is 0.0502. The third-order valence-electron chi connectivity index (χ3n) is 5.74. The topological polar surface area (TPSA) is 18.5 Å². The van der Waals surface area contributed by atoms with Gasteiger partial charge in [-0.3, -0.25) is 0 Å². The number of hydrogen-bond acceptors (Lipinski definition) is 2. The Hall–Kier alpha value is -1.64. The second-order valence-corrected chi connectivity index (χ2v) is 8.04. The van der Waals surface area contributed by atoms with Crippen molar-refractivity contribution >= 4 is 0 Å². The Balaban J connectivity index is 1.47. The number of hydrogen-bond donors (Lipinski definition) is 0. The summed E-state index contributed by atoms with van der Waals surface area (Å²) >= 11 is 0. The van der Waals surface area contributed by atoms with Crippen LogP contribution in [-0.4, -0.2) is 13.2 Å². The molecule has 2 nitrogen and oxygen atoms in total. The van der Waals surface area contributed by atoms with Crippen LogP contribution in [0.1, 0.15) is 86.8 Å². The minimum absolute atomic E-state index is 0.0502. The smallest absolute Gasteiger partial charge is 0.106 e. The average molecular weight is 381 g/mol. The van der Waals surface area contributed by atoms with Gasteiger partial charge in [0, 0.05) is 0 Å². The van der Waals surface area contributed by atoms with Crippen molar-refractivity contribution in [3.8, 4) is 0 Å². The van der Waals surface area contributed by atoms with Gasteiger partial charge in [-0.1, -0.05) is 88.1 Å². The summed E-state index contributed by atoms with van der Waals surface area (Å²) in [6, 6.07) is 17.8. The minimum Gasteiger partial charge on any atom is -0.368 e. The summed E-state index contributed by atoms with van der Waals surface area (Å²) < 4.78 is 12.3. The van der Waals surface area contributed by atoms with Crippen molar-refractivity contribution in [3.05, 3.63) is 70.8 Å². The van der Waals surface area contributed by atoms with Crippen LogP contribution >= 0.6 is 0 Å². The molecule has 1 aliphatic rings. The third-order valence-corrected chi connectivity index (χ3v) is 5.74. The summed E-state index contributed by atoms with van der Waals surface area (Å²) in [7, 11) is 0. The van der Waals surface area contributed by atoms with Crippen molar-refractivity contribution in [2.75, 3.05) is 13.2 Å². The lowest BCUT2D eigenvalue weighted by Gasteiger charge is -2.30. The van der Waals surface area contributed by atoms with Crippen molar-refractivity contribution in [1.82, 2.24) is 0 Å². The second kappa shape index (κ2) is 11.4. The van der Waals surface area contributed by atoms with Crippen LogP contribution in [0.4, 0.5) is 0 Å². The van der Waals surface area contributed by atoms with Gasteiger partial charge in [0.1, 0.15) is 12.2 Å². The van der Waals surface area contributed by atoms with E-state index in [-0.39, 0.29) is 12.2 Å². The zero-order valence-corrected chi connectivity index (χ0v) is 17.7. The molecule has 1 saturated heterocycles. The largest absolute Gasteiger partial charge is 0.368 e. The maximum absolute atomic E-state index is 6.15. The molecular weight excluding hydrogens is 344 g/mol. The van der Waals surface area contributed by atoms with Gasteiger partial charge in [-0.05, 0) is 47.9 Å². The van der Waals surface area contributed by atoms with Gasteiger partial charge < -0.3 is 9.47 Å². The molecule has 2 heteroatoms. The van der Waals surface area contributed by atoms with E-state index < -0.39 is 0 Å². The zero-order chi connectivity index (χ0) is 19.6. The molecule has 0 bridgehead atoms. The molecule has 2 atom stereocenters. The number of ether oxygens (including phenoxy) is 2. The van der Waals surface area contributed by atoms with Crippen LogP contribution in [0.25, 0.3) is 0 Å². The van der Waals surface area contributed by atoms with E-state index in [2.05, 4.69) is 62.4 Å². The van der Waals surface area contributed by atoms with Gasteiger partial charge >= 0.3 is 0 Å². The van der Waals surface area contributed by atoms with E-state index in [0.717, 1.165) is 0 Å². The first kappa shape index (κ1) is 21.1. The SMILES string of the molecule is CCCCCc1ccc([C@@H]2CO[C@@H](c3ccc(CCCCC)cc3)CO2)cc1. The summed E-state index contributed by atoms with van der Waals surface area (Å²) in [6.07, 6.45) is 10.2. The summed E-state index contributed by atoms with van der Waals surface area (Å²) in [5, 5.41) is 0. The van der Waals surface area contributed by atoms with E-state index in [1.54, 1.807) is 0 Å². The standard InChI is InChI=1S/C26H36O2/c1-3-5-7-9-21-11-15-23(16-12-21)25-19-28-26(20-27-25)24-17-13-22(14-18-24)10-8-6-4-2/h11-18,25-26H,3-10,19-20H2,1-2H3/t25-,26+. The second-order valence-electron chi connectivity index (χ2n) is 8.04. The molecule has 0 aliphatic carbocycles. The molecule has 0 spiro atoms. The number of unbranched alkanes of at least 4 members (excludes halogenated alkanes) is 4. The van der Waals surface area contributed by atoms with Crippen LogP contribution in [0.15, 0.2) is 48.5 Å². The summed E-state index contributed by atoms with van der Waals surface area (Å²) in [5.74, 6) is 0. The normalized spacial score (nSPS) is 19.6. The lowest BCUT2D eigenvalue weighted by Crippen LogP contribution is -2.25. The van der Waals surface area contributed by atoms with Crippen molar-refractivity contribution < 1.29 is 9.47 Å². The lowest BCUT2D eigenvalue weighted by molar-refractivity contribution is -0.137. The molecule has 2 aromatic rings. The van der Waals surface area contributed by atoms with Crippen LogP contribution in [-0.2, 0) is 22.3 Å². The highest BCUT2D eigenvalue weighted by molar-refractivity contribution is 5.26. The molecule has 1 heterocycles. The van der Waals surface area contributed by atoms with E-state index in [1.807, 2.05) is 0 Å². The van der Waals surface area contributed by atoms with Crippen LogP contribution < -0.4 is 0 Å². The van der Waals surface area contributed by atoms with Crippen LogP contribution in [0.2, 0.25) is 0 Å².